The van der Waals surface area contributed by atoms with Crippen molar-refractivity contribution < 1.29 is 9.66 Å². The number of pyridine rings is 1. The minimum Gasteiger partial charge on any atom is -0.487 e. The Hall–Kier alpha value is -3.22. The second-order valence-corrected chi connectivity index (χ2v) is 5.01. The van der Waals surface area contributed by atoms with Gasteiger partial charge < -0.3 is 4.74 Å². The molecular formula is C16H13N3O4. The summed E-state index contributed by atoms with van der Waals surface area (Å²) in [6.07, 6.45) is 1.67. The smallest absolute Gasteiger partial charge is 0.269 e. The van der Waals surface area contributed by atoms with Gasteiger partial charge in [0.05, 0.1) is 10.6 Å². The molecule has 0 aliphatic heterocycles. The van der Waals surface area contributed by atoms with Crippen LogP contribution in [-0.4, -0.2) is 14.3 Å². The number of benzene rings is 1. The van der Waals surface area contributed by atoms with Crippen molar-refractivity contribution in [3.05, 3.63) is 80.4 Å². The van der Waals surface area contributed by atoms with E-state index >= 15 is 0 Å². The molecule has 0 aliphatic rings. The van der Waals surface area contributed by atoms with Crippen molar-refractivity contribution >= 4 is 11.3 Å². The first-order chi connectivity index (χ1) is 11.0. The molecule has 0 aliphatic carbocycles. The number of nitro benzene ring substituents is 1. The summed E-state index contributed by atoms with van der Waals surface area (Å²) in [5.74, 6) is 0.474. The van der Waals surface area contributed by atoms with Gasteiger partial charge >= 0.3 is 0 Å². The summed E-state index contributed by atoms with van der Waals surface area (Å²) in [5, 5.41) is 10.6. The van der Waals surface area contributed by atoms with E-state index in [1.54, 1.807) is 12.3 Å². The molecular weight excluding hydrogens is 298 g/mol. The van der Waals surface area contributed by atoms with E-state index in [0.717, 1.165) is 5.56 Å². The zero-order valence-electron chi connectivity index (χ0n) is 12.3. The highest BCUT2D eigenvalue weighted by Gasteiger charge is 2.07. The number of rotatable bonds is 4. The van der Waals surface area contributed by atoms with Crippen LogP contribution >= 0.6 is 0 Å². The van der Waals surface area contributed by atoms with Gasteiger partial charge in [0.2, 0.25) is 0 Å². The minimum absolute atomic E-state index is 0.00458. The first kappa shape index (κ1) is 14.7. The number of nitro groups is 1. The van der Waals surface area contributed by atoms with Crippen LogP contribution in [0.25, 0.3) is 5.65 Å². The quantitative estimate of drug-likeness (QED) is 0.545. The Balaban J connectivity index is 1.83. The summed E-state index contributed by atoms with van der Waals surface area (Å²) in [5.41, 5.74) is 1.79. The van der Waals surface area contributed by atoms with E-state index in [-0.39, 0.29) is 17.9 Å². The van der Waals surface area contributed by atoms with Gasteiger partial charge in [-0.05, 0) is 30.7 Å². The van der Waals surface area contributed by atoms with E-state index in [9.17, 15) is 14.9 Å². The molecule has 0 fully saturated rings. The molecule has 0 atom stereocenters. The average Bonchev–Trinajstić information content (AvgIpc) is 2.54. The molecule has 2 aromatic heterocycles. The first-order valence-corrected chi connectivity index (χ1v) is 6.90. The molecule has 7 nitrogen and oxygen atoms in total. The van der Waals surface area contributed by atoms with Crippen molar-refractivity contribution in [3.63, 3.8) is 0 Å². The van der Waals surface area contributed by atoms with Gasteiger partial charge in [0.25, 0.3) is 11.2 Å². The Labute approximate surface area is 130 Å². The van der Waals surface area contributed by atoms with Crippen LogP contribution in [0.15, 0.2) is 53.5 Å². The lowest BCUT2D eigenvalue weighted by atomic mass is 10.3. The number of non-ortho nitro benzene ring substituents is 1. The number of hydrogen-bond acceptors (Lipinski definition) is 5. The molecule has 3 rings (SSSR count). The normalized spacial score (nSPS) is 10.7. The fourth-order valence-corrected chi connectivity index (χ4v) is 2.20. The Kier molecular flexibility index (Phi) is 3.76. The van der Waals surface area contributed by atoms with Crippen molar-refractivity contribution in [1.82, 2.24) is 9.38 Å². The third-order valence-corrected chi connectivity index (χ3v) is 3.37. The summed E-state index contributed by atoms with van der Waals surface area (Å²) >= 11 is 0. The Bertz CT molecular complexity index is 932. The maximum atomic E-state index is 12.1. The second kappa shape index (κ2) is 5.88. The van der Waals surface area contributed by atoms with Crippen molar-refractivity contribution in [2.45, 2.75) is 13.5 Å². The topological polar surface area (TPSA) is 86.7 Å². The van der Waals surface area contributed by atoms with Gasteiger partial charge in [-0.2, -0.15) is 0 Å². The van der Waals surface area contributed by atoms with E-state index in [2.05, 4.69) is 4.98 Å². The Morgan fingerprint density at radius 1 is 1.26 bits per heavy atom. The summed E-state index contributed by atoms with van der Waals surface area (Å²) in [4.78, 5) is 26.6. The second-order valence-electron chi connectivity index (χ2n) is 5.01. The lowest BCUT2D eigenvalue weighted by Crippen LogP contribution is -2.16. The van der Waals surface area contributed by atoms with Crippen LogP contribution in [0.5, 0.6) is 5.75 Å². The molecule has 0 radical (unpaired) electrons. The fourth-order valence-electron chi connectivity index (χ4n) is 2.20. The lowest BCUT2D eigenvalue weighted by molar-refractivity contribution is -0.384. The SMILES string of the molecule is Cc1cccn2c(=O)cc(COc3ccc([N+](=O)[O-])cc3)nc12. The fraction of sp³-hybridized carbons (Fsp3) is 0.125. The van der Waals surface area contributed by atoms with Crippen molar-refractivity contribution in [1.29, 1.82) is 0 Å². The van der Waals surface area contributed by atoms with E-state index < -0.39 is 4.92 Å². The van der Waals surface area contributed by atoms with Crippen LogP contribution in [0.2, 0.25) is 0 Å². The summed E-state index contributed by atoms with van der Waals surface area (Å²) in [7, 11) is 0. The molecule has 3 aromatic rings. The maximum Gasteiger partial charge on any atom is 0.269 e. The molecule has 0 spiro atoms. The molecule has 116 valence electrons. The van der Waals surface area contributed by atoms with Gasteiger partial charge in [0.1, 0.15) is 18.0 Å². The number of hydrogen-bond donors (Lipinski definition) is 0. The molecule has 0 N–H and O–H groups in total. The van der Waals surface area contributed by atoms with E-state index in [1.807, 2.05) is 13.0 Å². The minimum atomic E-state index is -0.474. The average molecular weight is 311 g/mol. The third kappa shape index (κ3) is 3.03. The van der Waals surface area contributed by atoms with Gasteiger partial charge in [-0.15, -0.1) is 0 Å². The van der Waals surface area contributed by atoms with Crippen molar-refractivity contribution in [3.8, 4) is 5.75 Å². The van der Waals surface area contributed by atoms with Crippen LogP contribution in [0, 0.1) is 17.0 Å². The van der Waals surface area contributed by atoms with Crippen LogP contribution in [0.4, 0.5) is 5.69 Å². The molecule has 0 saturated heterocycles. The van der Waals surface area contributed by atoms with E-state index in [1.165, 1.54) is 34.7 Å². The standard InChI is InChI=1S/C16H13N3O4/c1-11-3-2-8-18-15(20)9-12(17-16(11)18)10-23-14-6-4-13(5-7-14)19(21)22/h2-9H,10H2,1H3. The molecule has 0 bridgehead atoms. The van der Waals surface area contributed by atoms with Gasteiger partial charge in [-0.1, -0.05) is 6.07 Å². The van der Waals surface area contributed by atoms with Crippen molar-refractivity contribution in [2.75, 3.05) is 0 Å². The number of nitrogens with zero attached hydrogens (tertiary/aromatic N) is 3. The zero-order chi connectivity index (χ0) is 16.4. The summed E-state index contributed by atoms with van der Waals surface area (Å²) in [6.45, 7) is 1.99. The van der Waals surface area contributed by atoms with Crippen LogP contribution in [0.1, 0.15) is 11.3 Å². The van der Waals surface area contributed by atoms with E-state index in [0.29, 0.717) is 17.1 Å². The van der Waals surface area contributed by atoms with Gasteiger partial charge in [-0.3, -0.25) is 19.3 Å². The monoisotopic (exact) mass is 311 g/mol. The lowest BCUT2D eigenvalue weighted by Gasteiger charge is -2.08. The Morgan fingerprint density at radius 2 is 2.00 bits per heavy atom. The highest BCUT2D eigenvalue weighted by molar-refractivity contribution is 5.46. The predicted octanol–water partition coefficient (Wildman–Crippen LogP) is 2.49. The largest absolute Gasteiger partial charge is 0.487 e. The van der Waals surface area contributed by atoms with Crippen LogP contribution in [-0.2, 0) is 6.61 Å². The number of ether oxygens (including phenoxy) is 1. The number of aromatic nitrogens is 2. The molecule has 0 saturated carbocycles. The third-order valence-electron chi connectivity index (χ3n) is 3.37. The molecule has 0 unspecified atom stereocenters. The molecule has 1 aromatic carbocycles. The van der Waals surface area contributed by atoms with Gasteiger partial charge in [0, 0.05) is 24.4 Å². The van der Waals surface area contributed by atoms with Gasteiger partial charge in [-0.25, -0.2) is 4.98 Å². The van der Waals surface area contributed by atoms with Crippen LogP contribution in [0.3, 0.4) is 0 Å². The Morgan fingerprint density at radius 3 is 2.70 bits per heavy atom. The number of aryl methyl sites for hydroxylation is 1. The molecule has 2 heterocycles. The molecule has 23 heavy (non-hydrogen) atoms. The van der Waals surface area contributed by atoms with Crippen LogP contribution < -0.4 is 10.3 Å². The molecule has 0 amide bonds. The maximum absolute atomic E-state index is 12.1. The summed E-state index contributed by atoms with van der Waals surface area (Å²) < 4.78 is 7.01. The summed E-state index contributed by atoms with van der Waals surface area (Å²) in [6, 6.07) is 10.8. The van der Waals surface area contributed by atoms with E-state index in [4.69, 9.17) is 4.74 Å². The highest BCUT2D eigenvalue weighted by Crippen LogP contribution is 2.18. The number of fused-ring (bicyclic) bond motifs is 1. The molecule has 7 heteroatoms. The van der Waals surface area contributed by atoms with Gasteiger partial charge in [0.15, 0.2) is 0 Å². The van der Waals surface area contributed by atoms with Crippen molar-refractivity contribution in [2.24, 2.45) is 0 Å². The highest BCUT2D eigenvalue weighted by atomic mass is 16.6. The zero-order valence-corrected chi connectivity index (χ0v) is 12.3. The predicted molar refractivity (Wildman–Crippen MR) is 83.6 cm³/mol. The first-order valence-electron chi connectivity index (χ1n) is 6.90.